The summed E-state index contributed by atoms with van der Waals surface area (Å²) in [5, 5.41) is 11.7. The van der Waals surface area contributed by atoms with E-state index in [1.165, 1.54) is 0 Å². The number of carbonyl (C=O) groups excluding carboxylic acids is 1. The second-order valence-electron chi connectivity index (χ2n) is 5.14. The van der Waals surface area contributed by atoms with Gasteiger partial charge in [-0.1, -0.05) is 27.7 Å². The van der Waals surface area contributed by atoms with Crippen molar-refractivity contribution in [1.29, 1.82) is 0 Å². The van der Waals surface area contributed by atoms with Crippen molar-refractivity contribution in [3.63, 3.8) is 0 Å². The molecule has 16 heavy (non-hydrogen) atoms. The van der Waals surface area contributed by atoms with E-state index >= 15 is 0 Å². The molecule has 0 bridgehead atoms. The third-order valence-electron chi connectivity index (χ3n) is 2.95. The Morgan fingerprint density at radius 3 is 2.06 bits per heavy atom. The molecule has 2 N–H and O–H groups in total. The monoisotopic (exact) mass is 229 g/mol. The van der Waals surface area contributed by atoms with Crippen LogP contribution in [0.3, 0.4) is 0 Å². The minimum Gasteiger partial charge on any atom is -0.480 e. The molecule has 0 fully saturated rings. The third kappa shape index (κ3) is 4.21. The molecular weight excluding hydrogens is 206 g/mol. The van der Waals surface area contributed by atoms with Gasteiger partial charge in [0.15, 0.2) is 0 Å². The first-order valence-corrected chi connectivity index (χ1v) is 5.74. The van der Waals surface area contributed by atoms with Crippen LogP contribution in [0.2, 0.25) is 0 Å². The summed E-state index contributed by atoms with van der Waals surface area (Å²) in [5.74, 6) is -0.874. The van der Waals surface area contributed by atoms with E-state index in [9.17, 15) is 9.59 Å². The van der Waals surface area contributed by atoms with Gasteiger partial charge in [0.1, 0.15) is 5.54 Å². The maximum atomic E-state index is 11.6. The Kier molecular flexibility index (Phi) is 5.48. The van der Waals surface area contributed by atoms with Crippen molar-refractivity contribution in [1.82, 2.24) is 5.32 Å². The van der Waals surface area contributed by atoms with Crippen molar-refractivity contribution in [3.8, 4) is 0 Å². The van der Waals surface area contributed by atoms with Gasteiger partial charge in [-0.2, -0.15) is 0 Å². The van der Waals surface area contributed by atoms with Gasteiger partial charge in [0.2, 0.25) is 5.91 Å². The van der Waals surface area contributed by atoms with E-state index in [0.717, 1.165) is 6.42 Å². The van der Waals surface area contributed by atoms with E-state index in [2.05, 4.69) is 5.32 Å². The number of hydrogen-bond donors (Lipinski definition) is 2. The standard InChI is InChI=1S/C12H23NO3/c1-8(2)6-7-10(14)13-12(5,9(3)4)11(15)16/h8-9H,6-7H2,1-5H3,(H,13,14)(H,15,16). The van der Waals surface area contributed by atoms with Crippen LogP contribution in [0, 0.1) is 11.8 Å². The summed E-state index contributed by atoms with van der Waals surface area (Å²) in [6.45, 7) is 9.19. The summed E-state index contributed by atoms with van der Waals surface area (Å²) in [4.78, 5) is 22.7. The molecule has 4 nitrogen and oxygen atoms in total. The van der Waals surface area contributed by atoms with Crippen LogP contribution in [0.4, 0.5) is 0 Å². The first kappa shape index (κ1) is 14.9. The highest BCUT2D eigenvalue weighted by atomic mass is 16.4. The molecule has 0 aromatic carbocycles. The van der Waals surface area contributed by atoms with Gasteiger partial charge in [0, 0.05) is 6.42 Å². The maximum absolute atomic E-state index is 11.6. The molecule has 0 aliphatic rings. The number of amides is 1. The molecule has 4 heteroatoms. The first-order valence-electron chi connectivity index (χ1n) is 5.74. The third-order valence-corrected chi connectivity index (χ3v) is 2.95. The normalized spacial score (nSPS) is 14.9. The second-order valence-corrected chi connectivity index (χ2v) is 5.14. The number of nitrogens with one attached hydrogen (secondary N) is 1. The molecule has 1 unspecified atom stereocenters. The van der Waals surface area contributed by atoms with Gasteiger partial charge in [-0.3, -0.25) is 4.79 Å². The summed E-state index contributed by atoms with van der Waals surface area (Å²) < 4.78 is 0. The van der Waals surface area contributed by atoms with E-state index in [1.807, 2.05) is 13.8 Å². The minimum atomic E-state index is -1.17. The number of aliphatic carboxylic acids is 1. The van der Waals surface area contributed by atoms with E-state index in [4.69, 9.17) is 5.11 Å². The van der Waals surface area contributed by atoms with Crippen molar-refractivity contribution >= 4 is 11.9 Å². The van der Waals surface area contributed by atoms with E-state index in [-0.39, 0.29) is 11.8 Å². The van der Waals surface area contributed by atoms with Crippen LogP contribution in [-0.4, -0.2) is 22.5 Å². The maximum Gasteiger partial charge on any atom is 0.329 e. The molecule has 0 spiro atoms. The molecule has 94 valence electrons. The van der Waals surface area contributed by atoms with Crippen LogP contribution >= 0.6 is 0 Å². The van der Waals surface area contributed by atoms with Crippen molar-refractivity contribution in [2.45, 2.75) is 53.0 Å². The van der Waals surface area contributed by atoms with E-state index in [0.29, 0.717) is 12.3 Å². The Balaban J connectivity index is 4.42. The average molecular weight is 229 g/mol. The van der Waals surface area contributed by atoms with Crippen molar-refractivity contribution < 1.29 is 14.7 Å². The smallest absolute Gasteiger partial charge is 0.329 e. The number of carboxylic acids is 1. The number of carbonyl (C=O) groups is 2. The second kappa shape index (κ2) is 5.87. The van der Waals surface area contributed by atoms with Gasteiger partial charge < -0.3 is 10.4 Å². The molecule has 0 aromatic heterocycles. The quantitative estimate of drug-likeness (QED) is 0.732. The Morgan fingerprint density at radius 2 is 1.75 bits per heavy atom. The molecule has 0 saturated carbocycles. The Bertz CT molecular complexity index is 261. The van der Waals surface area contributed by atoms with Crippen LogP contribution in [0.1, 0.15) is 47.5 Å². The predicted molar refractivity (Wildman–Crippen MR) is 63.1 cm³/mol. The molecule has 0 aliphatic heterocycles. The predicted octanol–water partition coefficient (Wildman–Crippen LogP) is 2.04. The average Bonchev–Trinajstić information content (AvgIpc) is 2.13. The van der Waals surface area contributed by atoms with Gasteiger partial charge in [-0.15, -0.1) is 0 Å². The van der Waals surface area contributed by atoms with Gasteiger partial charge in [-0.05, 0) is 25.2 Å². The van der Waals surface area contributed by atoms with E-state index < -0.39 is 11.5 Å². The van der Waals surface area contributed by atoms with Crippen LogP contribution in [0.25, 0.3) is 0 Å². The van der Waals surface area contributed by atoms with Crippen molar-refractivity contribution in [3.05, 3.63) is 0 Å². The summed E-state index contributed by atoms with van der Waals surface area (Å²) in [5.41, 5.74) is -1.17. The number of rotatable bonds is 6. The Hall–Kier alpha value is -1.06. The molecular formula is C12H23NO3. The fourth-order valence-electron chi connectivity index (χ4n) is 1.22. The Morgan fingerprint density at radius 1 is 1.25 bits per heavy atom. The van der Waals surface area contributed by atoms with E-state index in [1.54, 1.807) is 20.8 Å². The van der Waals surface area contributed by atoms with Gasteiger partial charge in [0.05, 0.1) is 0 Å². The number of carboxylic acid groups (broad SMARTS) is 1. The molecule has 0 radical (unpaired) electrons. The zero-order valence-electron chi connectivity index (χ0n) is 10.8. The van der Waals surface area contributed by atoms with Crippen LogP contribution in [-0.2, 0) is 9.59 Å². The molecule has 0 aromatic rings. The lowest BCUT2D eigenvalue weighted by molar-refractivity contribution is -0.149. The summed E-state index contributed by atoms with van der Waals surface area (Å²) in [6.07, 6.45) is 1.16. The topological polar surface area (TPSA) is 66.4 Å². The minimum absolute atomic E-state index is 0.145. The fraction of sp³-hybridized carbons (Fsp3) is 0.833. The van der Waals surface area contributed by atoms with Crippen molar-refractivity contribution in [2.24, 2.45) is 11.8 Å². The molecule has 0 aliphatic carbocycles. The zero-order chi connectivity index (χ0) is 12.9. The Labute approximate surface area is 97.4 Å². The van der Waals surface area contributed by atoms with Crippen molar-refractivity contribution in [2.75, 3.05) is 0 Å². The van der Waals surface area contributed by atoms with Gasteiger partial charge >= 0.3 is 5.97 Å². The lowest BCUT2D eigenvalue weighted by Crippen LogP contribution is -2.55. The van der Waals surface area contributed by atoms with Crippen LogP contribution in [0.15, 0.2) is 0 Å². The molecule has 0 rings (SSSR count). The lowest BCUT2D eigenvalue weighted by atomic mass is 9.88. The lowest BCUT2D eigenvalue weighted by Gasteiger charge is -2.30. The van der Waals surface area contributed by atoms with Gasteiger partial charge in [-0.25, -0.2) is 4.79 Å². The molecule has 1 amide bonds. The largest absolute Gasteiger partial charge is 0.480 e. The van der Waals surface area contributed by atoms with Crippen LogP contribution < -0.4 is 5.32 Å². The van der Waals surface area contributed by atoms with Gasteiger partial charge in [0.25, 0.3) is 0 Å². The summed E-state index contributed by atoms with van der Waals surface area (Å²) in [7, 11) is 0. The molecule has 0 heterocycles. The first-order chi connectivity index (χ1) is 7.20. The highest BCUT2D eigenvalue weighted by Crippen LogP contribution is 2.17. The fourth-order valence-corrected chi connectivity index (χ4v) is 1.22. The SMILES string of the molecule is CC(C)CCC(=O)NC(C)(C(=O)O)C(C)C. The number of hydrogen-bond acceptors (Lipinski definition) is 2. The highest BCUT2D eigenvalue weighted by molar-refractivity contribution is 5.86. The molecule has 0 saturated heterocycles. The highest BCUT2D eigenvalue weighted by Gasteiger charge is 2.37. The summed E-state index contributed by atoms with van der Waals surface area (Å²) in [6, 6.07) is 0. The zero-order valence-corrected chi connectivity index (χ0v) is 10.8. The molecule has 1 atom stereocenters. The summed E-state index contributed by atoms with van der Waals surface area (Å²) >= 11 is 0. The van der Waals surface area contributed by atoms with Crippen LogP contribution in [0.5, 0.6) is 0 Å².